The van der Waals surface area contributed by atoms with E-state index in [-0.39, 0.29) is 0 Å². The first-order valence-corrected chi connectivity index (χ1v) is 13.5. The first kappa shape index (κ1) is 22.6. The van der Waals surface area contributed by atoms with Crippen LogP contribution in [0.25, 0.3) is 72.3 Å². The number of nitrogens with zero attached hydrogens (tertiary/aromatic N) is 2. The van der Waals surface area contributed by atoms with Crippen LogP contribution in [0.3, 0.4) is 0 Å². The van der Waals surface area contributed by atoms with Crippen LogP contribution >= 0.6 is 0 Å². The second kappa shape index (κ2) is 9.11. The molecule has 0 aliphatic heterocycles. The number of benzene rings is 6. The molecule has 0 spiro atoms. The maximum Gasteiger partial charge on any atom is 0.227 e. The van der Waals surface area contributed by atoms with Gasteiger partial charge in [-0.1, -0.05) is 91.0 Å². The number of hydrogen-bond acceptors (Lipinski definition) is 2. The maximum atomic E-state index is 5.95. The van der Waals surface area contributed by atoms with Crippen LogP contribution in [-0.2, 0) is 0 Å². The second-order valence-corrected chi connectivity index (χ2v) is 10.1. The Morgan fingerprint density at radius 2 is 1.05 bits per heavy atom. The van der Waals surface area contributed by atoms with Gasteiger partial charge in [0.25, 0.3) is 0 Å². The van der Waals surface area contributed by atoms with Crippen molar-refractivity contribution >= 4 is 32.9 Å². The van der Waals surface area contributed by atoms with Crippen molar-refractivity contribution in [2.24, 2.45) is 0 Å². The van der Waals surface area contributed by atoms with Crippen molar-refractivity contribution in [1.82, 2.24) is 9.55 Å². The highest BCUT2D eigenvalue weighted by Crippen LogP contribution is 2.35. The quantitative estimate of drug-likeness (QED) is 0.235. The lowest BCUT2D eigenvalue weighted by atomic mass is 10.0. The summed E-state index contributed by atoms with van der Waals surface area (Å²) in [5.74, 6) is 0.643. The van der Waals surface area contributed by atoms with Gasteiger partial charge in [-0.3, -0.25) is 0 Å². The molecule has 0 N–H and O–H groups in total. The minimum Gasteiger partial charge on any atom is -0.436 e. The lowest BCUT2D eigenvalue weighted by molar-refractivity contribution is 0.620. The van der Waals surface area contributed by atoms with E-state index in [1.807, 2.05) is 24.3 Å². The third kappa shape index (κ3) is 3.71. The fraction of sp³-hybridized carbons (Fsp3) is 0. The summed E-state index contributed by atoms with van der Waals surface area (Å²) in [5, 5.41) is 2.52. The number of hydrogen-bond donors (Lipinski definition) is 0. The van der Waals surface area contributed by atoms with Crippen molar-refractivity contribution in [2.45, 2.75) is 0 Å². The lowest BCUT2D eigenvalue weighted by Gasteiger charge is -2.10. The van der Waals surface area contributed by atoms with Gasteiger partial charge in [-0.05, 0) is 76.9 Å². The highest BCUT2D eigenvalue weighted by Gasteiger charge is 2.14. The van der Waals surface area contributed by atoms with Crippen molar-refractivity contribution in [3.8, 4) is 39.4 Å². The van der Waals surface area contributed by atoms with Crippen LogP contribution in [-0.4, -0.2) is 9.55 Å². The third-order valence-corrected chi connectivity index (χ3v) is 7.66. The average molecular weight is 513 g/mol. The molecular formula is C37H24N2O. The summed E-state index contributed by atoms with van der Waals surface area (Å²) in [5.41, 5.74) is 11.0. The SMILES string of the molecule is c1ccc(-c2ccc3c(c2)c2ccccc2n3-c2ccc(-c3ccc(-c4nc5ccccc5o4)cc3)cc2)cc1. The number of aromatic nitrogens is 2. The van der Waals surface area contributed by atoms with Gasteiger partial charge >= 0.3 is 0 Å². The zero-order valence-corrected chi connectivity index (χ0v) is 21.7. The van der Waals surface area contributed by atoms with Crippen molar-refractivity contribution in [3.63, 3.8) is 0 Å². The molecule has 188 valence electrons. The summed E-state index contributed by atoms with van der Waals surface area (Å²) >= 11 is 0. The fourth-order valence-electron chi connectivity index (χ4n) is 5.67. The molecule has 0 aliphatic rings. The molecular weight excluding hydrogens is 488 g/mol. The van der Waals surface area contributed by atoms with E-state index in [4.69, 9.17) is 4.42 Å². The van der Waals surface area contributed by atoms with Crippen molar-refractivity contribution in [1.29, 1.82) is 0 Å². The van der Waals surface area contributed by atoms with Gasteiger partial charge in [0.1, 0.15) is 5.52 Å². The Labute approximate surface area is 231 Å². The molecule has 3 nitrogen and oxygen atoms in total. The minimum atomic E-state index is 0.643. The minimum absolute atomic E-state index is 0.643. The van der Waals surface area contributed by atoms with E-state index in [2.05, 4.69) is 131 Å². The van der Waals surface area contributed by atoms with E-state index in [1.165, 1.54) is 38.5 Å². The highest BCUT2D eigenvalue weighted by molar-refractivity contribution is 6.10. The van der Waals surface area contributed by atoms with E-state index in [1.54, 1.807) is 0 Å². The third-order valence-electron chi connectivity index (χ3n) is 7.66. The summed E-state index contributed by atoms with van der Waals surface area (Å²) in [4.78, 5) is 4.63. The molecule has 0 unspecified atom stereocenters. The topological polar surface area (TPSA) is 31.0 Å². The molecule has 0 atom stereocenters. The van der Waals surface area contributed by atoms with Gasteiger partial charge in [-0.15, -0.1) is 0 Å². The number of para-hydroxylation sites is 3. The van der Waals surface area contributed by atoms with Gasteiger partial charge in [0.2, 0.25) is 5.89 Å². The Morgan fingerprint density at radius 1 is 0.450 bits per heavy atom. The van der Waals surface area contributed by atoms with Crippen molar-refractivity contribution in [2.75, 3.05) is 0 Å². The molecule has 40 heavy (non-hydrogen) atoms. The molecule has 2 heterocycles. The van der Waals surface area contributed by atoms with Crippen LogP contribution in [0.15, 0.2) is 150 Å². The molecule has 0 fully saturated rings. The Kier molecular flexibility index (Phi) is 5.14. The van der Waals surface area contributed by atoms with Gasteiger partial charge in [-0.2, -0.15) is 0 Å². The van der Waals surface area contributed by atoms with Gasteiger partial charge in [0.05, 0.1) is 11.0 Å². The molecule has 3 heteroatoms. The van der Waals surface area contributed by atoms with Gasteiger partial charge in [-0.25, -0.2) is 4.98 Å². The van der Waals surface area contributed by atoms with Gasteiger partial charge in [0, 0.05) is 22.0 Å². The van der Waals surface area contributed by atoms with E-state index in [0.717, 1.165) is 27.9 Å². The number of fused-ring (bicyclic) bond motifs is 4. The molecule has 2 aromatic heterocycles. The molecule has 8 aromatic rings. The smallest absolute Gasteiger partial charge is 0.227 e. The van der Waals surface area contributed by atoms with Crippen molar-refractivity contribution < 1.29 is 4.42 Å². The average Bonchev–Trinajstić information content (AvgIpc) is 3.61. The first-order valence-electron chi connectivity index (χ1n) is 13.5. The Bertz CT molecular complexity index is 2100. The molecule has 0 saturated heterocycles. The van der Waals surface area contributed by atoms with E-state index < -0.39 is 0 Å². The highest BCUT2D eigenvalue weighted by atomic mass is 16.3. The van der Waals surface area contributed by atoms with Crippen LogP contribution in [0, 0.1) is 0 Å². The van der Waals surface area contributed by atoms with Crippen molar-refractivity contribution in [3.05, 3.63) is 146 Å². The van der Waals surface area contributed by atoms with Crippen LogP contribution in [0.2, 0.25) is 0 Å². The fourth-order valence-corrected chi connectivity index (χ4v) is 5.67. The van der Waals surface area contributed by atoms with Crippen LogP contribution < -0.4 is 0 Å². The Balaban J connectivity index is 1.16. The molecule has 0 saturated carbocycles. The standard InChI is InChI=1S/C37H24N2O/c1-2-8-25(9-3-1)29-20-23-35-32(24-29)31-10-4-6-12-34(31)39(35)30-21-18-27(19-22-30)26-14-16-28(17-15-26)37-38-33-11-5-7-13-36(33)40-37/h1-24H. The Morgan fingerprint density at radius 3 is 1.85 bits per heavy atom. The summed E-state index contributed by atoms with van der Waals surface area (Å²) in [7, 11) is 0. The van der Waals surface area contributed by atoms with Crippen LogP contribution in [0.1, 0.15) is 0 Å². The first-order chi connectivity index (χ1) is 19.8. The van der Waals surface area contributed by atoms with E-state index in [9.17, 15) is 0 Å². The normalized spacial score (nSPS) is 11.5. The number of oxazole rings is 1. The monoisotopic (exact) mass is 512 g/mol. The zero-order valence-electron chi connectivity index (χ0n) is 21.7. The predicted octanol–water partition coefficient (Wildman–Crippen LogP) is 9.93. The molecule has 8 rings (SSSR count). The molecule has 6 aromatic carbocycles. The van der Waals surface area contributed by atoms with E-state index >= 15 is 0 Å². The summed E-state index contributed by atoms with van der Waals surface area (Å²) in [6, 6.07) is 51.1. The summed E-state index contributed by atoms with van der Waals surface area (Å²) < 4.78 is 8.31. The lowest BCUT2D eigenvalue weighted by Crippen LogP contribution is -1.93. The second-order valence-electron chi connectivity index (χ2n) is 10.1. The number of rotatable bonds is 4. The molecule has 0 aliphatic carbocycles. The van der Waals surface area contributed by atoms with Crippen LogP contribution in [0.5, 0.6) is 0 Å². The molecule has 0 amide bonds. The van der Waals surface area contributed by atoms with E-state index in [0.29, 0.717) is 5.89 Å². The largest absolute Gasteiger partial charge is 0.436 e. The Hall–Kier alpha value is -5.41. The van der Waals surface area contributed by atoms with Gasteiger partial charge in [0.15, 0.2) is 5.58 Å². The van der Waals surface area contributed by atoms with Gasteiger partial charge < -0.3 is 8.98 Å². The molecule has 0 radical (unpaired) electrons. The predicted molar refractivity (Wildman–Crippen MR) is 165 cm³/mol. The zero-order chi connectivity index (χ0) is 26.5. The maximum absolute atomic E-state index is 5.95. The van der Waals surface area contributed by atoms with Crippen LogP contribution in [0.4, 0.5) is 0 Å². The molecule has 0 bridgehead atoms. The summed E-state index contributed by atoms with van der Waals surface area (Å²) in [6.45, 7) is 0. The summed E-state index contributed by atoms with van der Waals surface area (Å²) in [6.07, 6.45) is 0.